The minimum atomic E-state index is -3.72. The number of anilines is 2. The van der Waals surface area contributed by atoms with Crippen molar-refractivity contribution >= 4 is 27.3 Å². The lowest BCUT2D eigenvalue weighted by molar-refractivity contribution is -0.122. The molecule has 100 valence electrons. The minimum Gasteiger partial charge on any atom is -0.399 e. The summed E-state index contributed by atoms with van der Waals surface area (Å²) >= 11 is 0. The highest BCUT2D eigenvalue weighted by Crippen LogP contribution is 2.09. The summed E-state index contributed by atoms with van der Waals surface area (Å²) in [5, 5.41) is 11.3. The van der Waals surface area contributed by atoms with Crippen molar-refractivity contribution < 1.29 is 18.3 Å². The van der Waals surface area contributed by atoms with Gasteiger partial charge in [-0.1, -0.05) is 0 Å². The molecule has 18 heavy (non-hydrogen) atoms. The van der Waals surface area contributed by atoms with Gasteiger partial charge in [-0.3, -0.25) is 9.52 Å². The number of aliphatic hydroxyl groups is 1. The van der Waals surface area contributed by atoms with Crippen molar-refractivity contribution in [1.82, 2.24) is 4.72 Å². The maximum atomic E-state index is 11.3. The summed E-state index contributed by atoms with van der Waals surface area (Å²) in [7, 11) is -3.72. The fourth-order valence-electron chi connectivity index (χ4n) is 1.19. The van der Waals surface area contributed by atoms with Gasteiger partial charge in [-0.25, -0.2) is 8.42 Å². The van der Waals surface area contributed by atoms with Crippen molar-refractivity contribution in [1.29, 1.82) is 0 Å². The van der Waals surface area contributed by atoms with Crippen LogP contribution in [0.25, 0.3) is 0 Å². The van der Waals surface area contributed by atoms with E-state index in [-0.39, 0.29) is 12.3 Å². The van der Waals surface area contributed by atoms with Crippen LogP contribution in [0, 0.1) is 0 Å². The Labute approximate surface area is 105 Å². The zero-order chi connectivity index (χ0) is 13.6. The first-order chi connectivity index (χ1) is 8.43. The van der Waals surface area contributed by atoms with Gasteiger partial charge in [0.25, 0.3) is 5.91 Å². The van der Waals surface area contributed by atoms with E-state index in [0.717, 1.165) is 5.69 Å². The second-order valence-electron chi connectivity index (χ2n) is 3.55. The van der Waals surface area contributed by atoms with Gasteiger partial charge in [-0.05, 0) is 24.3 Å². The third-order valence-electron chi connectivity index (χ3n) is 2.02. The van der Waals surface area contributed by atoms with Crippen molar-refractivity contribution in [2.75, 3.05) is 30.0 Å². The number of amides is 1. The number of rotatable bonds is 6. The molecule has 1 aromatic rings. The lowest BCUT2D eigenvalue weighted by atomic mass is 10.3. The first kappa shape index (κ1) is 14.3. The van der Waals surface area contributed by atoms with E-state index in [2.05, 4.69) is 5.32 Å². The Morgan fingerprint density at radius 2 is 1.89 bits per heavy atom. The molecule has 1 aromatic carbocycles. The van der Waals surface area contributed by atoms with Gasteiger partial charge in [0.05, 0.1) is 5.75 Å². The fourth-order valence-corrected chi connectivity index (χ4v) is 2.07. The number of nitrogen functional groups attached to an aromatic ring is 1. The van der Waals surface area contributed by atoms with Crippen molar-refractivity contribution in [3.05, 3.63) is 24.3 Å². The molecule has 0 aliphatic rings. The Balaban J connectivity index is 2.41. The van der Waals surface area contributed by atoms with Gasteiger partial charge in [0.15, 0.2) is 0 Å². The average Bonchev–Trinajstić information content (AvgIpc) is 2.31. The van der Waals surface area contributed by atoms with Crippen LogP contribution in [0.2, 0.25) is 0 Å². The molecule has 1 rings (SSSR count). The summed E-state index contributed by atoms with van der Waals surface area (Å²) in [6.45, 7) is -0.720. The number of aliphatic hydroxyl groups excluding tert-OH is 1. The fraction of sp³-hybridized carbons (Fsp3) is 0.300. The molecule has 7 nitrogen and oxygen atoms in total. The number of carbonyl (C=O) groups excluding carboxylic acids is 1. The molecular formula is C10H15N3O4S. The highest BCUT2D eigenvalue weighted by molar-refractivity contribution is 7.90. The van der Waals surface area contributed by atoms with Gasteiger partial charge in [0, 0.05) is 17.9 Å². The predicted molar refractivity (Wildman–Crippen MR) is 68.4 cm³/mol. The molecule has 0 atom stereocenters. The van der Waals surface area contributed by atoms with Crippen molar-refractivity contribution in [3.8, 4) is 0 Å². The highest BCUT2D eigenvalue weighted by atomic mass is 32.2. The van der Waals surface area contributed by atoms with Gasteiger partial charge in [0.1, 0.15) is 6.61 Å². The molecule has 0 bridgehead atoms. The number of sulfonamides is 1. The summed E-state index contributed by atoms with van der Waals surface area (Å²) in [6, 6.07) is 6.80. The number of carbonyl (C=O) groups is 1. The molecule has 0 radical (unpaired) electrons. The van der Waals surface area contributed by atoms with Crippen LogP contribution in [0.3, 0.4) is 0 Å². The van der Waals surface area contributed by atoms with Crippen LogP contribution in [0.4, 0.5) is 11.4 Å². The van der Waals surface area contributed by atoms with Crippen LogP contribution in [-0.2, 0) is 14.8 Å². The third kappa shape index (κ3) is 5.02. The molecule has 0 unspecified atom stereocenters. The summed E-state index contributed by atoms with van der Waals surface area (Å²) in [6.07, 6.45) is 0. The van der Waals surface area contributed by atoms with E-state index in [0.29, 0.717) is 5.69 Å². The van der Waals surface area contributed by atoms with E-state index in [9.17, 15) is 13.2 Å². The first-order valence-electron chi connectivity index (χ1n) is 5.16. The molecule has 0 saturated carbocycles. The number of nitrogens with two attached hydrogens (primary N) is 1. The van der Waals surface area contributed by atoms with Crippen LogP contribution in [-0.4, -0.2) is 38.3 Å². The maximum Gasteiger partial charge on any atom is 0.259 e. The molecule has 0 aromatic heterocycles. The number of hydrogen-bond acceptors (Lipinski definition) is 6. The minimum absolute atomic E-state index is 0.137. The monoisotopic (exact) mass is 273 g/mol. The van der Waals surface area contributed by atoms with E-state index in [1.807, 2.05) is 0 Å². The topological polar surface area (TPSA) is 122 Å². The molecule has 0 saturated heterocycles. The molecule has 5 N–H and O–H groups in total. The molecule has 0 heterocycles. The maximum absolute atomic E-state index is 11.3. The van der Waals surface area contributed by atoms with Gasteiger partial charge in [-0.15, -0.1) is 0 Å². The van der Waals surface area contributed by atoms with E-state index in [1.165, 1.54) is 0 Å². The largest absolute Gasteiger partial charge is 0.399 e. The van der Waals surface area contributed by atoms with Crippen molar-refractivity contribution in [3.63, 3.8) is 0 Å². The Kier molecular flexibility index (Phi) is 4.93. The molecule has 0 fully saturated rings. The molecule has 0 aliphatic carbocycles. The summed E-state index contributed by atoms with van der Waals surface area (Å²) in [5.41, 5.74) is 6.84. The van der Waals surface area contributed by atoms with Gasteiger partial charge in [0.2, 0.25) is 10.0 Å². The second-order valence-corrected chi connectivity index (χ2v) is 5.39. The molecule has 0 aliphatic heterocycles. The average molecular weight is 273 g/mol. The smallest absolute Gasteiger partial charge is 0.259 e. The van der Waals surface area contributed by atoms with E-state index in [1.54, 1.807) is 29.0 Å². The Morgan fingerprint density at radius 1 is 1.28 bits per heavy atom. The lowest BCUT2D eigenvalue weighted by Gasteiger charge is -2.08. The number of nitrogens with one attached hydrogen (secondary N) is 2. The lowest BCUT2D eigenvalue weighted by Crippen LogP contribution is -2.36. The SMILES string of the molecule is Nc1ccc(NCCS(=O)(=O)NC(=O)CO)cc1. The predicted octanol–water partition coefficient (Wildman–Crippen LogP) is -0.881. The molecule has 0 spiro atoms. The van der Waals surface area contributed by atoms with E-state index in [4.69, 9.17) is 10.8 Å². The number of benzene rings is 1. The van der Waals surface area contributed by atoms with Crippen molar-refractivity contribution in [2.45, 2.75) is 0 Å². The van der Waals surface area contributed by atoms with Crippen LogP contribution >= 0.6 is 0 Å². The Bertz CT molecular complexity index is 498. The Hall–Kier alpha value is -1.80. The first-order valence-corrected chi connectivity index (χ1v) is 6.82. The van der Waals surface area contributed by atoms with Gasteiger partial charge < -0.3 is 16.2 Å². The standard InChI is InChI=1S/C10H15N3O4S/c11-8-1-3-9(4-2-8)12-5-6-18(16,17)13-10(15)7-14/h1-4,12,14H,5-7,11H2,(H,13,15). The third-order valence-corrected chi connectivity index (χ3v) is 3.30. The van der Waals surface area contributed by atoms with Gasteiger partial charge >= 0.3 is 0 Å². The quantitative estimate of drug-likeness (QED) is 0.499. The van der Waals surface area contributed by atoms with Crippen molar-refractivity contribution in [2.24, 2.45) is 0 Å². The Morgan fingerprint density at radius 3 is 2.44 bits per heavy atom. The number of hydrogen-bond donors (Lipinski definition) is 4. The second kappa shape index (κ2) is 6.22. The highest BCUT2D eigenvalue weighted by Gasteiger charge is 2.12. The van der Waals surface area contributed by atoms with Crippen LogP contribution in [0.15, 0.2) is 24.3 Å². The normalized spacial score (nSPS) is 10.9. The van der Waals surface area contributed by atoms with Crippen LogP contribution in [0.5, 0.6) is 0 Å². The summed E-state index contributed by atoms with van der Waals surface area (Å²) in [4.78, 5) is 10.7. The summed E-state index contributed by atoms with van der Waals surface area (Å²) < 4.78 is 24.4. The van der Waals surface area contributed by atoms with Crippen LogP contribution < -0.4 is 15.8 Å². The van der Waals surface area contributed by atoms with E-state index >= 15 is 0 Å². The summed E-state index contributed by atoms with van der Waals surface area (Å²) in [5.74, 6) is -1.22. The molecule has 1 amide bonds. The molecular weight excluding hydrogens is 258 g/mol. The molecule has 8 heteroatoms. The van der Waals surface area contributed by atoms with Crippen LogP contribution in [0.1, 0.15) is 0 Å². The van der Waals surface area contributed by atoms with Gasteiger partial charge in [-0.2, -0.15) is 0 Å². The van der Waals surface area contributed by atoms with E-state index < -0.39 is 22.5 Å². The zero-order valence-corrected chi connectivity index (χ0v) is 10.4. The zero-order valence-electron chi connectivity index (χ0n) is 9.59.